The fourth-order valence-corrected chi connectivity index (χ4v) is 1.89. The summed E-state index contributed by atoms with van der Waals surface area (Å²) in [4.78, 5) is 11.6. The molecular formula is C14H15NO4S. The summed E-state index contributed by atoms with van der Waals surface area (Å²) in [6.07, 6.45) is -0.192. The number of nitrogens with two attached hydrogens (primary N) is 1. The minimum atomic E-state index is -0.459. The van der Waals surface area contributed by atoms with Crippen molar-refractivity contribution in [3.63, 3.8) is 0 Å². The van der Waals surface area contributed by atoms with Gasteiger partial charge in [-0.15, -0.1) is 0 Å². The largest absolute Gasteiger partial charge is 0.477 e. The van der Waals surface area contributed by atoms with E-state index in [1.165, 1.54) is 0 Å². The first-order chi connectivity index (χ1) is 9.49. The number of hydrogen-bond donors (Lipinski definition) is 1. The van der Waals surface area contributed by atoms with E-state index in [-0.39, 0.29) is 23.5 Å². The SMILES string of the molecule is CC(C)OC(=O)COc1c(C(N)=S)oc2ccccc12. The molecule has 1 aromatic heterocycles. The molecule has 0 bridgehead atoms. The Morgan fingerprint density at radius 1 is 1.40 bits per heavy atom. The summed E-state index contributed by atoms with van der Waals surface area (Å²) in [6, 6.07) is 7.24. The first kappa shape index (κ1) is 14.3. The first-order valence-electron chi connectivity index (χ1n) is 6.12. The summed E-state index contributed by atoms with van der Waals surface area (Å²) >= 11 is 4.93. The summed E-state index contributed by atoms with van der Waals surface area (Å²) in [6.45, 7) is 3.31. The fraction of sp³-hybridized carbons (Fsp3) is 0.286. The van der Waals surface area contributed by atoms with E-state index < -0.39 is 5.97 Å². The minimum absolute atomic E-state index is 0.0772. The van der Waals surface area contributed by atoms with Gasteiger partial charge in [-0.3, -0.25) is 0 Å². The quantitative estimate of drug-likeness (QED) is 0.674. The van der Waals surface area contributed by atoms with Crippen molar-refractivity contribution in [2.75, 3.05) is 6.61 Å². The Morgan fingerprint density at radius 2 is 2.10 bits per heavy atom. The molecule has 0 radical (unpaired) electrons. The van der Waals surface area contributed by atoms with E-state index in [1.54, 1.807) is 19.9 Å². The maximum atomic E-state index is 11.5. The molecule has 106 valence electrons. The van der Waals surface area contributed by atoms with E-state index >= 15 is 0 Å². The molecule has 2 aromatic rings. The van der Waals surface area contributed by atoms with Gasteiger partial charge < -0.3 is 19.6 Å². The van der Waals surface area contributed by atoms with E-state index in [2.05, 4.69) is 0 Å². The normalized spacial score (nSPS) is 10.8. The second-order valence-electron chi connectivity index (χ2n) is 4.45. The zero-order valence-electron chi connectivity index (χ0n) is 11.2. The lowest BCUT2D eigenvalue weighted by molar-refractivity contribution is -0.149. The van der Waals surface area contributed by atoms with Gasteiger partial charge in [0, 0.05) is 0 Å². The predicted octanol–water partition coefficient (Wildman–Crippen LogP) is 2.40. The molecule has 6 heteroatoms. The van der Waals surface area contributed by atoms with Gasteiger partial charge in [-0.25, -0.2) is 4.79 Å². The van der Waals surface area contributed by atoms with Crippen LogP contribution in [0.15, 0.2) is 28.7 Å². The number of rotatable bonds is 5. The van der Waals surface area contributed by atoms with Crippen molar-refractivity contribution in [2.24, 2.45) is 5.73 Å². The highest BCUT2D eigenvalue weighted by Crippen LogP contribution is 2.32. The van der Waals surface area contributed by atoms with Crippen LogP contribution >= 0.6 is 12.2 Å². The number of benzene rings is 1. The Morgan fingerprint density at radius 3 is 2.75 bits per heavy atom. The van der Waals surface area contributed by atoms with Crippen LogP contribution in [0.5, 0.6) is 5.75 Å². The number of fused-ring (bicyclic) bond motifs is 1. The molecule has 0 saturated heterocycles. The van der Waals surface area contributed by atoms with Crippen molar-refractivity contribution >= 4 is 34.1 Å². The molecule has 0 aliphatic rings. The third kappa shape index (κ3) is 3.08. The van der Waals surface area contributed by atoms with Crippen LogP contribution in [-0.2, 0) is 9.53 Å². The maximum Gasteiger partial charge on any atom is 0.344 e. The number of furan rings is 1. The summed E-state index contributed by atoms with van der Waals surface area (Å²) in [7, 11) is 0. The van der Waals surface area contributed by atoms with Crippen molar-refractivity contribution in [3.8, 4) is 5.75 Å². The van der Waals surface area contributed by atoms with Crippen LogP contribution in [0.2, 0.25) is 0 Å². The monoisotopic (exact) mass is 293 g/mol. The Bertz CT molecular complexity index is 648. The van der Waals surface area contributed by atoms with Crippen LogP contribution < -0.4 is 10.5 Å². The molecule has 1 aromatic carbocycles. The van der Waals surface area contributed by atoms with E-state index in [0.29, 0.717) is 16.7 Å². The molecule has 0 saturated carbocycles. The number of hydrogen-bond acceptors (Lipinski definition) is 5. The van der Waals surface area contributed by atoms with Gasteiger partial charge in [-0.1, -0.05) is 24.4 Å². The molecule has 1 heterocycles. The van der Waals surface area contributed by atoms with E-state index in [4.69, 9.17) is 31.8 Å². The zero-order chi connectivity index (χ0) is 14.7. The van der Waals surface area contributed by atoms with Crippen LogP contribution in [0.25, 0.3) is 11.0 Å². The molecule has 0 amide bonds. The highest BCUT2D eigenvalue weighted by Gasteiger charge is 2.19. The summed E-state index contributed by atoms with van der Waals surface area (Å²) in [5, 5.41) is 0.715. The lowest BCUT2D eigenvalue weighted by atomic mass is 10.2. The molecule has 0 fully saturated rings. The minimum Gasteiger partial charge on any atom is -0.477 e. The number of carbonyl (C=O) groups excluding carboxylic acids is 1. The number of para-hydroxylation sites is 1. The molecule has 2 N–H and O–H groups in total. The van der Waals surface area contributed by atoms with Crippen molar-refractivity contribution < 1.29 is 18.7 Å². The van der Waals surface area contributed by atoms with Gasteiger partial charge in [0.05, 0.1) is 11.5 Å². The van der Waals surface area contributed by atoms with Gasteiger partial charge in [0.15, 0.2) is 12.4 Å². The van der Waals surface area contributed by atoms with E-state index in [9.17, 15) is 4.79 Å². The van der Waals surface area contributed by atoms with E-state index in [0.717, 1.165) is 0 Å². The van der Waals surface area contributed by atoms with Crippen LogP contribution in [0.4, 0.5) is 0 Å². The number of ether oxygens (including phenoxy) is 2. The Balaban J connectivity index is 2.26. The van der Waals surface area contributed by atoms with Crippen molar-refractivity contribution in [3.05, 3.63) is 30.0 Å². The van der Waals surface area contributed by atoms with Crippen LogP contribution in [0.1, 0.15) is 19.6 Å². The number of thiocarbonyl (C=S) groups is 1. The smallest absolute Gasteiger partial charge is 0.344 e. The molecule has 0 unspecified atom stereocenters. The molecule has 20 heavy (non-hydrogen) atoms. The highest BCUT2D eigenvalue weighted by molar-refractivity contribution is 7.80. The van der Waals surface area contributed by atoms with Crippen molar-refractivity contribution in [2.45, 2.75) is 20.0 Å². The third-order valence-corrected chi connectivity index (χ3v) is 2.66. The molecule has 2 rings (SSSR count). The molecular weight excluding hydrogens is 278 g/mol. The molecule has 0 atom stereocenters. The lowest BCUT2D eigenvalue weighted by Gasteiger charge is -2.09. The lowest BCUT2D eigenvalue weighted by Crippen LogP contribution is -2.19. The predicted molar refractivity (Wildman–Crippen MR) is 78.8 cm³/mol. The molecule has 0 aliphatic heterocycles. The Hall–Kier alpha value is -2.08. The van der Waals surface area contributed by atoms with Gasteiger partial charge in [0.1, 0.15) is 10.6 Å². The summed E-state index contributed by atoms with van der Waals surface area (Å²) in [5.74, 6) is 0.173. The van der Waals surface area contributed by atoms with Crippen molar-refractivity contribution in [1.82, 2.24) is 0 Å². The number of carbonyl (C=O) groups is 1. The maximum absolute atomic E-state index is 11.5. The average molecular weight is 293 g/mol. The second kappa shape index (κ2) is 5.92. The molecule has 5 nitrogen and oxygen atoms in total. The van der Waals surface area contributed by atoms with Gasteiger partial charge in [0.2, 0.25) is 5.76 Å². The van der Waals surface area contributed by atoms with Crippen LogP contribution in [-0.4, -0.2) is 23.7 Å². The number of esters is 1. The standard InChI is InChI=1S/C14H15NO4S/c1-8(2)18-11(16)7-17-12-9-5-3-4-6-10(9)19-13(12)14(15)20/h3-6,8H,7H2,1-2H3,(H2,15,20). The summed E-state index contributed by atoms with van der Waals surface area (Å²) in [5.41, 5.74) is 6.21. The third-order valence-electron chi connectivity index (χ3n) is 2.48. The molecule has 0 spiro atoms. The average Bonchev–Trinajstić information content (AvgIpc) is 2.74. The van der Waals surface area contributed by atoms with Gasteiger partial charge >= 0.3 is 5.97 Å². The van der Waals surface area contributed by atoms with Gasteiger partial charge in [-0.2, -0.15) is 0 Å². The topological polar surface area (TPSA) is 74.7 Å². The fourth-order valence-electron chi connectivity index (χ4n) is 1.76. The highest BCUT2D eigenvalue weighted by atomic mass is 32.1. The first-order valence-corrected chi connectivity index (χ1v) is 6.53. The van der Waals surface area contributed by atoms with Gasteiger partial charge in [0.25, 0.3) is 0 Å². The van der Waals surface area contributed by atoms with Gasteiger partial charge in [-0.05, 0) is 26.0 Å². The zero-order valence-corrected chi connectivity index (χ0v) is 12.0. The Labute approximate surface area is 121 Å². The van der Waals surface area contributed by atoms with E-state index in [1.807, 2.05) is 18.2 Å². The molecule has 0 aliphatic carbocycles. The second-order valence-corrected chi connectivity index (χ2v) is 4.89. The van der Waals surface area contributed by atoms with Crippen molar-refractivity contribution in [1.29, 1.82) is 0 Å². The Kier molecular flexibility index (Phi) is 4.24. The van der Waals surface area contributed by atoms with Crippen LogP contribution in [0, 0.1) is 0 Å². The van der Waals surface area contributed by atoms with Crippen LogP contribution in [0.3, 0.4) is 0 Å². The summed E-state index contributed by atoms with van der Waals surface area (Å²) < 4.78 is 16.0.